The standard InChI is InChI=1S/C14H10F3NO/c15-11-6-8(7-12(16)13(11)17)5-9-3-1-2-4-10(9)14(18)19/h1-4,6-7H,5H2,(H2,18,19). The van der Waals surface area contributed by atoms with Crippen molar-refractivity contribution in [1.29, 1.82) is 0 Å². The zero-order valence-electron chi connectivity index (χ0n) is 9.79. The lowest BCUT2D eigenvalue weighted by Gasteiger charge is -2.07. The Balaban J connectivity index is 2.39. The van der Waals surface area contributed by atoms with E-state index in [9.17, 15) is 18.0 Å². The van der Waals surface area contributed by atoms with E-state index >= 15 is 0 Å². The number of amides is 1. The third kappa shape index (κ3) is 2.76. The highest BCUT2D eigenvalue weighted by atomic mass is 19.2. The van der Waals surface area contributed by atoms with Crippen molar-refractivity contribution in [2.75, 3.05) is 0 Å². The molecule has 2 aromatic carbocycles. The highest BCUT2D eigenvalue weighted by Crippen LogP contribution is 2.18. The van der Waals surface area contributed by atoms with E-state index < -0.39 is 23.4 Å². The van der Waals surface area contributed by atoms with Gasteiger partial charge in [-0.1, -0.05) is 18.2 Å². The molecule has 19 heavy (non-hydrogen) atoms. The first-order chi connectivity index (χ1) is 8.99. The summed E-state index contributed by atoms with van der Waals surface area (Å²) in [5.74, 6) is -4.65. The fourth-order valence-corrected chi connectivity index (χ4v) is 1.84. The summed E-state index contributed by atoms with van der Waals surface area (Å²) >= 11 is 0. The molecule has 0 atom stereocenters. The van der Waals surface area contributed by atoms with Crippen molar-refractivity contribution in [3.05, 3.63) is 70.5 Å². The maximum atomic E-state index is 13.1. The molecule has 0 radical (unpaired) electrons. The van der Waals surface area contributed by atoms with E-state index in [0.29, 0.717) is 5.56 Å². The number of rotatable bonds is 3. The highest BCUT2D eigenvalue weighted by molar-refractivity contribution is 5.94. The molecule has 0 bridgehead atoms. The number of hydrogen-bond donors (Lipinski definition) is 1. The topological polar surface area (TPSA) is 43.1 Å². The zero-order valence-corrected chi connectivity index (χ0v) is 9.79. The van der Waals surface area contributed by atoms with Gasteiger partial charge in [-0.05, 0) is 35.7 Å². The maximum Gasteiger partial charge on any atom is 0.248 e. The van der Waals surface area contributed by atoms with Gasteiger partial charge < -0.3 is 5.73 Å². The highest BCUT2D eigenvalue weighted by Gasteiger charge is 2.13. The maximum absolute atomic E-state index is 13.1. The first-order valence-electron chi connectivity index (χ1n) is 5.50. The Bertz CT molecular complexity index is 617. The smallest absolute Gasteiger partial charge is 0.248 e. The fraction of sp³-hybridized carbons (Fsp3) is 0.0714. The summed E-state index contributed by atoms with van der Waals surface area (Å²) in [6, 6.07) is 8.26. The third-order valence-electron chi connectivity index (χ3n) is 2.72. The minimum absolute atomic E-state index is 0.0905. The summed E-state index contributed by atoms with van der Waals surface area (Å²) in [5, 5.41) is 0. The van der Waals surface area contributed by atoms with Gasteiger partial charge in [-0.25, -0.2) is 13.2 Å². The Kier molecular flexibility index (Phi) is 3.55. The minimum atomic E-state index is -1.51. The summed E-state index contributed by atoms with van der Waals surface area (Å²) in [7, 11) is 0. The number of nitrogens with two attached hydrogens (primary N) is 1. The molecule has 0 saturated carbocycles. The molecule has 0 aliphatic rings. The molecule has 0 aliphatic carbocycles. The molecule has 2 aromatic rings. The number of halogens is 3. The van der Waals surface area contributed by atoms with E-state index in [1.807, 2.05) is 0 Å². The Morgan fingerprint density at radius 1 is 1.05 bits per heavy atom. The molecule has 2 nitrogen and oxygen atoms in total. The van der Waals surface area contributed by atoms with Crippen molar-refractivity contribution in [3.8, 4) is 0 Å². The van der Waals surface area contributed by atoms with Crippen LogP contribution in [0.4, 0.5) is 13.2 Å². The molecule has 0 unspecified atom stereocenters. The monoisotopic (exact) mass is 265 g/mol. The first kappa shape index (κ1) is 13.1. The minimum Gasteiger partial charge on any atom is -0.366 e. The second-order valence-corrected chi connectivity index (χ2v) is 4.07. The van der Waals surface area contributed by atoms with Crippen LogP contribution < -0.4 is 5.73 Å². The van der Waals surface area contributed by atoms with Gasteiger partial charge >= 0.3 is 0 Å². The Hall–Kier alpha value is -2.30. The molecular weight excluding hydrogens is 255 g/mol. The normalized spacial score (nSPS) is 10.5. The van der Waals surface area contributed by atoms with Crippen molar-refractivity contribution >= 4 is 5.91 Å². The number of primary amides is 1. The van der Waals surface area contributed by atoms with Gasteiger partial charge in [0.15, 0.2) is 17.5 Å². The van der Waals surface area contributed by atoms with Gasteiger partial charge in [0.05, 0.1) is 0 Å². The number of carbonyl (C=O) groups excluding carboxylic acids is 1. The van der Waals surface area contributed by atoms with E-state index in [1.54, 1.807) is 18.2 Å². The van der Waals surface area contributed by atoms with Crippen molar-refractivity contribution in [2.45, 2.75) is 6.42 Å². The summed E-state index contributed by atoms with van der Waals surface area (Å²) < 4.78 is 39.0. The molecule has 0 aliphatic heterocycles. The van der Waals surface area contributed by atoms with Gasteiger partial charge in [-0.3, -0.25) is 4.79 Å². The summed E-state index contributed by atoms with van der Waals surface area (Å²) in [5.41, 5.74) is 6.23. The van der Waals surface area contributed by atoms with Crippen LogP contribution in [0.2, 0.25) is 0 Å². The van der Waals surface area contributed by atoms with Crippen LogP contribution in [0.5, 0.6) is 0 Å². The average Bonchev–Trinajstić information content (AvgIpc) is 2.36. The second kappa shape index (κ2) is 5.14. The Morgan fingerprint density at radius 3 is 2.21 bits per heavy atom. The lowest BCUT2D eigenvalue weighted by Crippen LogP contribution is -2.13. The average molecular weight is 265 g/mol. The number of hydrogen-bond acceptors (Lipinski definition) is 1. The first-order valence-corrected chi connectivity index (χ1v) is 5.50. The van der Waals surface area contributed by atoms with Gasteiger partial charge in [0.25, 0.3) is 0 Å². The van der Waals surface area contributed by atoms with Crippen LogP contribution in [0.25, 0.3) is 0 Å². The number of benzene rings is 2. The van der Waals surface area contributed by atoms with Gasteiger partial charge in [-0.15, -0.1) is 0 Å². The van der Waals surface area contributed by atoms with Crippen LogP contribution in [-0.2, 0) is 6.42 Å². The van der Waals surface area contributed by atoms with Crippen LogP contribution in [0.3, 0.4) is 0 Å². The molecule has 0 saturated heterocycles. The molecule has 5 heteroatoms. The Labute approximate surface area is 107 Å². The Morgan fingerprint density at radius 2 is 1.63 bits per heavy atom. The fourth-order valence-electron chi connectivity index (χ4n) is 1.84. The van der Waals surface area contributed by atoms with Crippen LogP contribution in [0.15, 0.2) is 36.4 Å². The van der Waals surface area contributed by atoms with Crippen molar-refractivity contribution in [1.82, 2.24) is 0 Å². The quantitative estimate of drug-likeness (QED) is 0.852. The lowest BCUT2D eigenvalue weighted by atomic mass is 9.99. The summed E-state index contributed by atoms with van der Waals surface area (Å²) in [4.78, 5) is 11.2. The van der Waals surface area contributed by atoms with E-state index in [-0.39, 0.29) is 17.5 Å². The third-order valence-corrected chi connectivity index (χ3v) is 2.72. The zero-order chi connectivity index (χ0) is 14.0. The molecule has 0 aromatic heterocycles. The molecule has 98 valence electrons. The molecule has 0 fully saturated rings. The number of carbonyl (C=O) groups is 1. The van der Waals surface area contributed by atoms with Crippen molar-refractivity contribution in [2.24, 2.45) is 5.73 Å². The van der Waals surface area contributed by atoms with E-state index in [0.717, 1.165) is 12.1 Å². The molecule has 2 rings (SSSR count). The predicted molar refractivity (Wildman–Crippen MR) is 64.1 cm³/mol. The molecular formula is C14H10F3NO. The van der Waals surface area contributed by atoms with Crippen molar-refractivity contribution in [3.63, 3.8) is 0 Å². The molecule has 2 N–H and O–H groups in total. The largest absolute Gasteiger partial charge is 0.366 e. The molecule has 0 spiro atoms. The van der Waals surface area contributed by atoms with Crippen LogP contribution in [0.1, 0.15) is 21.5 Å². The van der Waals surface area contributed by atoms with Gasteiger partial charge in [-0.2, -0.15) is 0 Å². The van der Waals surface area contributed by atoms with Crippen molar-refractivity contribution < 1.29 is 18.0 Å². The summed E-state index contributed by atoms with van der Waals surface area (Å²) in [6.07, 6.45) is 0.0905. The predicted octanol–water partition coefficient (Wildman–Crippen LogP) is 2.79. The molecule has 0 heterocycles. The van der Waals surface area contributed by atoms with E-state index in [1.165, 1.54) is 6.07 Å². The van der Waals surface area contributed by atoms with Gasteiger partial charge in [0, 0.05) is 5.56 Å². The van der Waals surface area contributed by atoms with Gasteiger partial charge in [0.1, 0.15) is 0 Å². The van der Waals surface area contributed by atoms with E-state index in [4.69, 9.17) is 5.73 Å². The SMILES string of the molecule is NC(=O)c1ccccc1Cc1cc(F)c(F)c(F)c1. The second-order valence-electron chi connectivity index (χ2n) is 4.07. The lowest BCUT2D eigenvalue weighted by molar-refractivity contribution is 0.0999. The summed E-state index contributed by atoms with van der Waals surface area (Å²) in [6.45, 7) is 0. The van der Waals surface area contributed by atoms with Crippen LogP contribution in [0, 0.1) is 17.5 Å². The van der Waals surface area contributed by atoms with Crippen LogP contribution >= 0.6 is 0 Å². The van der Waals surface area contributed by atoms with Crippen LogP contribution in [-0.4, -0.2) is 5.91 Å². The molecule has 1 amide bonds. The van der Waals surface area contributed by atoms with E-state index in [2.05, 4.69) is 0 Å². The van der Waals surface area contributed by atoms with Gasteiger partial charge in [0.2, 0.25) is 5.91 Å².